The highest BCUT2D eigenvalue weighted by Gasteiger charge is 2.56. The zero-order chi connectivity index (χ0) is 21.7. The van der Waals surface area contributed by atoms with Gasteiger partial charge >= 0.3 is 5.97 Å². The number of allylic oxidation sites excluding steroid dienone is 1. The molecule has 0 aromatic heterocycles. The zero-order valence-electron chi connectivity index (χ0n) is 17.7. The van der Waals surface area contributed by atoms with Crippen molar-refractivity contribution in [3.8, 4) is 11.5 Å². The van der Waals surface area contributed by atoms with Crippen molar-refractivity contribution in [1.29, 1.82) is 0 Å². The molecule has 0 N–H and O–H groups in total. The van der Waals surface area contributed by atoms with Gasteiger partial charge in [0.25, 0.3) is 0 Å². The number of carbonyl (C=O) groups is 1. The van der Waals surface area contributed by atoms with E-state index < -0.39 is 5.41 Å². The van der Waals surface area contributed by atoms with Crippen LogP contribution in [0, 0.1) is 5.92 Å². The second kappa shape index (κ2) is 7.13. The molecule has 0 amide bonds. The van der Waals surface area contributed by atoms with Gasteiger partial charge in [0, 0.05) is 22.6 Å². The summed E-state index contributed by atoms with van der Waals surface area (Å²) >= 11 is 0. The lowest BCUT2D eigenvalue weighted by atomic mass is 9.63. The number of benzene rings is 3. The maximum absolute atomic E-state index is 13.5. The van der Waals surface area contributed by atoms with E-state index in [-0.39, 0.29) is 11.9 Å². The largest absolute Gasteiger partial charge is 0.497 e. The summed E-state index contributed by atoms with van der Waals surface area (Å²) < 4.78 is 17.3. The van der Waals surface area contributed by atoms with Crippen molar-refractivity contribution >= 4 is 17.3 Å². The molecule has 4 nitrogen and oxygen atoms in total. The Kier molecular flexibility index (Phi) is 4.22. The van der Waals surface area contributed by atoms with Gasteiger partial charge in [0.15, 0.2) is 0 Å². The van der Waals surface area contributed by atoms with Crippen LogP contribution in [0.5, 0.6) is 11.5 Å². The Hall–Kier alpha value is -3.79. The van der Waals surface area contributed by atoms with E-state index in [2.05, 4.69) is 18.2 Å². The van der Waals surface area contributed by atoms with Gasteiger partial charge in [-0.1, -0.05) is 48.5 Å². The second-order valence-corrected chi connectivity index (χ2v) is 8.44. The molecule has 32 heavy (non-hydrogen) atoms. The Morgan fingerprint density at radius 3 is 2.44 bits per heavy atom. The van der Waals surface area contributed by atoms with Crippen molar-refractivity contribution < 1.29 is 19.0 Å². The van der Waals surface area contributed by atoms with E-state index in [1.54, 1.807) is 7.11 Å². The van der Waals surface area contributed by atoms with Gasteiger partial charge in [0.2, 0.25) is 0 Å². The lowest BCUT2D eigenvalue weighted by Gasteiger charge is -2.36. The molecule has 1 spiro atoms. The smallest absolute Gasteiger partial charge is 0.326 e. The van der Waals surface area contributed by atoms with E-state index in [1.165, 1.54) is 0 Å². The van der Waals surface area contributed by atoms with E-state index >= 15 is 0 Å². The van der Waals surface area contributed by atoms with Crippen LogP contribution < -0.4 is 9.47 Å². The summed E-state index contributed by atoms with van der Waals surface area (Å²) in [6.07, 6.45) is 2.79. The average molecular weight is 422 g/mol. The van der Waals surface area contributed by atoms with Crippen LogP contribution in [0.4, 0.5) is 0 Å². The molecule has 3 aromatic carbocycles. The van der Waals surface area contributed by atoms with Gasteiger partial charge in [-0.05, 0) is 54.0 Å². The molecule has 2 atom stereocenters. The van der Waals surface area contributed by atoms with E-state index in [0.717, 1.165) is 39.3 Å². The molecule has 2 aliphatic heterocycles. The van der Waals surface area contributed by atoms with Crippen molar-refractivity contribution in [2.75, 3.05) is 13.7 Å². The minimum atomic E-state index is -0.829. The third-order valence-corrected chi connectivity index (χ3v) is 6.78. The minimum Gasteiger partial charge on any atom is -0.497 e. The summed E-state index contributed by atoms with van der Waals surface area (Å²) in [6.45, 7) is 0.548. The number of hydrogen-bond donors (Lipinski definition) is 0. The molecule has 6 rings (SSSR count). The Balaban J connectivity index is 1.57. The lowest BCUT2D eigenvalue weighted by molar-refractivity contribution is -0.136. The Morgan fingerprint density at radius 1 is 0.906 bits per heavy atom. The quantitative estimate of drug-likeness (QED) is 0.419. The fourth-order valence-corrected chi connectivity index (χ4v) is 5.25. The van der Waals surface area contributed by atoms with E-state index in [4.69, 9.17) is 14.2 Å². The maximum atomic E-state index is 13.5. The molecule has 158 valence electrons. The normalized spacial score (nSPS) is 23.3. The van der Waals surface area contributed by atoms with Gasteiger partial charge in [-0.15, -0.1) is 0 Å². The molecule has 0 saturated heterocycles. The monoisotopic (exact) mass is 422 g/mol. The summed E-state index contributed by atoms with van der Waals surface area (Å²) in [6, 6.07) is 25.8. The minimum absolute atomic E-state index is 0.110. The van der Waals surface area contributed by atoms with Crippen molar-refractivity contribution in [3.05, 3.63) is 107 Å². The number of fused-ring (bicyclic) bond motifs is 3. The highest BCUT2D eigenvalue weighted by molar-refractivity contribution is 6.05. The molecule has 0 saturated carbocycles. The number of para-hydroxylation sites is 1. The van der Waals surface area contributed by atoms with Crippen LogP contribution in [0.1, 0.15) is 23.1 Å². The molecule has 3 aliphatic rings. The molecule has 0 fully saturated rings. The lowest BCUT2D eigenvalue weighted by Crippen LogP contribution is -2.40. The van der Waals surface area contributed by atoms with Crippen molar-refractivity contribution in [2.45, 2.75) is 11.8 Å². The SMILES string of the molecule is COc1ccc(C2=C3C=C(c4ccccc4)C4(C[C@H]3CO2)C(=O)Oc2ccccc24)cc1. The first-order valence-corrected chi connectivity index (χ1v) is 10.8. The van der Waals surface area contributed by atoms with Crippen molar-refractivity contribution in [2.24, 2.45) is 5.92 Å². The number of rotatable bonds is 3. The fourth-order valence-electron chi connectivity index (χ4n) is 5.25. The topological polar surface area (TPSA) is 44.8 Å². The molecule has 0 radical (unpaired) electrons. The first-order chi connectivity index (χ1) is 15.7. The predicted molar refractivity (Wildman–Crippen MR) is 122 cm³/mol. The third-order valence-electron chi connectivity index (χ3n) is 6.78. The van der Waals surface area contributed by atoms with Crippen LogP contribution in [-0.2, 0) is 14.9 Å². The number of ether oxygens (including phenoxy) is 3. The number of hydrogen-bond acceptors (Lipinski definition) is 4. The average Bonchev–Trinajstić information content (AvgIpc) is 3.38. The molecular formula is C28H22O4. The standard InChI is InChI=1S/C28H22O4/c1-30-21-13-11-19(12-14-21)26-22-15-24(18-7-3-2-4-8-18)28(16-20(22)17-31-26)23-9-5-6-10-25(23)32-27(28)29/h2-15,20H,16-17H2,1H3/t20-,28?/m0/s1. The molecule has 1 aliphatic carbocycles. The molecule has 3 aromatic rings. The van der Waals surface area contributed by atoms with E-state index in [0.29, 0.717) is 18.8 Å². The van der Waals surface area contributed by atoms with Gasteiger partial charge in [0.05, 0.1) is 13.7 Å². The molecular weight excluding hydrogens is 400 g/mol. The van der Waals surface area contributed by atoms with Gasteiger partial charge in [0.1, 0.15) is 22.7 Å². The Morgan fingerprint density at radius 2 is 1.66 bits per heavy atom. The van der Waals surface area contributed by atoms with Gasteiger partial charge in [-0.3, -0.25) is 4.79 Å². The molecule has 4 heteroatoms. The van der Waals surface area contributed by atoms with Crippen LogP contribution in [-0.4, -0.2) is 19.7 Å². The summed E-state index contributed by atoms with van der Waals surface area (Å²) in [7, 11) is 1.66. The summed E-state index contributed by atoms with van der Waals surface area (Å²) in [4.78, 5) is 13.5. The third kappa shape index (κ3) is 2.65. The van der Waals surface area contributed by atoms with Crippen LogP contribution >= 0.6 is 0 Å². The van der Waals surface area contributed by atoms with Gasteiger partial charge in [-0.2, -0.15) is 0 Å². The summed E-state index contributed by atoms with van der Waals surface area (Å²) in [5.74, 6) is 2.24. The van der Waals surface area contributed by atoms with E-state index in [1.807, 2.05) is 66.7 Å². The van der Waals surface area contributed by atoms with Crippen LogP contribution in [0.2, 0.25) is 0 Å². The maximum Gasteiger partial charge on any atom is 0.326 e. The van der Waals surface area contributed by atoms with E-state index in [9.17, 15) is 4.79 Å². The second-order valence-electron chi connectivity index (χ2n) is 8.44. The number of esters is 1. The molecule has 1 unspecified atom stereocenters. The van der Waals surface area contributed by atoms with Crippen LogP contribution in [0.3, 0.4) is 0 Å². The summed E-state index contributed by atoms with van der Waals surface area (Å²) in [5, 5.41) is 0. The predicted octanol–water partition coefficient (Wildman–Crippen LogP) is 5.40. The number of methoxy groups -OCH3 is 1. The fraction of sp³-hybridized carbons (Fsp3) is 0.179. The Bertz CT molecular complexity index is 1270. The first kappa shape index (κ1) is 18.9. The molecule has 0 bridgehead atoms. The first-order valence-electron chi connectivity index (χ1n) is 10.8. The number of carbonyl (C=O) groups excluding carboxylic acids is 1. The Labute approximate surface area is 186 Å². The van der Waals surface area contributed by atoms with Crippen LogP contribution in [0.15, 0.2) is 90.5 Å². The summed E-state index contributed by atoms with van der Waals surface area (Å²) in [5.41, 5.74) is 4.25. The molecule has 2 heterocycles. The van der Waals surface area contributed by atoms with Gasteiger partial charge in [-0.25, -0.2) is 0 Å². The van der Waals surface area contributed by atoms with Gasteiger partial charge < -0.3 is 14.2 Å². The zero-order valence-corrected chi connectivity index (χ0v) is 17.7. The van der Waals surface area contributed by atoms with Crippen molar-refractivity contribution in [3.63, 3.8) is 0 Å². The highest BCUT2D eigenvalue weighted by Crippen LogP contribution is 2.57. The van der Waals surface area contributed by atoms with Crippen molar-refractivity contribution in [1.82, 2.24) is 0 Å². The van der Waals surface area contributed by atoms with Crippen LogP contribution in [0.25, 0.3) is 11.3 Å². The highest BCUT2D eigenvalue weighted by atomic mass is 16.5.